The van der Waals surface area contributed by atoms with Crippen molar-refractivity contribution in [3.05, 3.63) is 35.9 Å². The van der Waals surface area contributed by atoms with Gasteiger partial charge in [0.1, 0.15) is 0 Å². The first-order valence-electron chi connectivity index (χ1n) is 8.02. The lowest BCUT2D eigenvalue weighted by Gasteiger charge is -2.12. The SMILES string of the molecule is COc1ccnc(CSCCSCc2nccc(OC)c2OC)c1OC. The summed E-state index contributed by atoms with van der Waals surface area (Å²) in [7, 11) is 6.54. The second-order valence-corrected chi connectivity index (χ2v) is 7.30. The molecule has 142 valence electrons. The van der Waals surface area contributed by atoms with Crippen LogP contribution in [0, 0.1) is 0 Å². The maximum Gasteiger partial charge on any atom is 0.183 e. The molecule has 0 aromatic carbocycles. The van der Waals surface area contributed by atoms with Gasteiger partial charge in [-0.3, -0.25) is 9.97 Å². The fraction of sp³-hybridized carbons (Fsp3) is 0.444. The molecule has 0 saturated carbocycles. The molecular weight excluding hydrogens is 372 g/mol. The van der Waals surface area contributed by atoms with E-state index >= 15 is 0 Å². The molecule has 0 atom stereocenters. The molecule has 0 amide bonds. The number of pyridine rings is 2. The molecule has 0 saturated heterocycles. The lowest BCUT2D eigenvalue weighted by molar-refractivity contribution is 0.350. The van der Waals surface area contributed by atoms with E-state index in [0.29, 0.717) is 23.0 Å². The van der Waals surface area contributed by atoms with E-state index in [-0.39, 0.29) is 0 Å². The van der Waals surface area contributed by atoms with Crippen molar-refractivity contribution >= 4 is 23.5 Å². The van der Waals surface area contributed by atoms with Crippen LogP contribution < -0.4 is 18.9 Å². The predicted octanol–water partition coefficient (Wildman–Crippen LogP) is 3.68. The van der Waals surface area contributed by atoms with Crippen LogP contribution in [0.3, 0.4) is 0 Å². The van der Waals surface area contributed by atoms with E-state index in [2.05, 4.69) is 9.97 Å². The Bertz CT molecular complexity index is 641. The molecule has 2 aromatic rings. The molecule has 0 aliphatic heterocycles. The quantitative estimate of drug-likeness (QED) is 0.533. The molecule has 6 nitrogen and oxygen atoms in total. The molecule has 2 aromatic heterocycles. The van der Waals surface area contributed by atoms with Gasteiger partial charge >= 0.3 is 0 Å². The minimum atomic E-state index is 0.709. The third kappa shape index (κ3) is 5.35. The van der Waals surface area contributed by atoms with Crippen LogP contribution in [-0.4, -0.2) is 49.9 Å². The first kappa shape index (κ1) is 20.5. The van der Waals surface area contributed by atoms with Gasteiger partial charge in [0.2, 0.25) is 0 Å². The average Bonchev–Trinajstić information content (AvgIpc) is 2.69. The van der Waals surface area contributed by atoms with Gasteiger partial charge in [-0.15, -0.1) is 0 Å². The Morgan fingerprint density at radius 3 is 1.46 bits per heavy atom. The first-order chi connectivity index (χ1) is 12.7. The number of thioether (sulfide) groups is 2. The van der Waals surface area contributed by atoms with Crippen LogP contribution in [-0.2, 0) is 11.5 Å². The van der Waals surface area contributed by atoms with Crippen LogP contribution in [0.2, 0.25) is 0 Å². The molecule has 0 fully saturated rings. The van der Waals surface area contributed by atoms with E-state index < -0.39 is 0 Å². The van der Waals surface area contributed by atoms with E-state index in [1.807, 2.05) is 23.5 Å². The molecule has 0 aliphatic carbocycles. The molecule has 0 bridgehead atoms. The molecule has 0 radical (unpaired) electrons. The summed E-state index contributed by atoms with van der Waals surface area (Å²) in [4.78, 5) is 8.78. The molecule has 26 heavy (non-hydrogen) atoms. The third-order valence-electron chi connectivity index (χ3n) is 3.58. The molecule has 2 rings (SSSR count). The van der Waals surface area contributed by atoms with Crippen molar-refractivity contribution in [2.45, 2.75) is 11.5 Å². The zero-order valence-electron chi connectivity index (χ0n) is 15.5. The molecule has 0 spiro atoms. The summed E-state index contributed by atoms with van der Waals surface area (Å²) in [5, 5.41) is 0. The normalized spacial score (nSPS) is 10.5. The Kier molecular flexibility index (Phi) is 8.70. The van der Waals surface area contributed by atoms with Crippen molar-refractivity contribution in [2.75, 3.05) is 39.9 Å². The summed E-state index contributed by atoms with van der Waals surface area (Å²) in [6.45, 7) is 0. The highest BCUT2D eigenvalue weighted by Crippen LogP contribution is 2.33. The van der Waals surface area contributed by atoms with Gasteiger partial charge < -0.3 is 18.9 Å². The molecule has 0 aliphatic rings. The van der Waals surface area contributed by atoms with E-state index in [9.17, 15) is 0 Å². The number of aromatic nitrogens is 2. The van der Waals surface area contributed by atoms with Gasteiger partial charge in [-0.05, 0) is 0 Å². The zero-order chi connectivity index (χ0) is 18.8. The summed E-state index contributed by atoms with van der Waals surface area (Å²) in [5.41, 5.74) is 1.80. The fourth-order valence-electron chi connectivity index (χ4n) is 2.36. The van der Waals surface area contributed by atoms with Gasteiger partial charge in [0, 0.05) is 47.5 Å². The molecule has 8 heteroatoms. The Balaban J connectivity index is 1.79. The highest BCUT2D eigenvalue weighted by atomic mass is 32.2. The van der Waals surface area contributed by atoms with Gasteiger partial charge in [-0.1, -0.05) is 0 Å². The van der Waals surface area contributed by atoms with Gasteiger partial charge in [0.05, 0.1) is 39.8 Å². The summed E-state index contributed by atoms with van der Waals surface area (Å²) >= 11 is 3.63. The topological polar surface area (TPSA) is 62.7 Å². The minimum absolute atomic E-state index is 0.709. The van der Waals surface area contributed by atoms with Crippen molar-refractivity contribution in [3.63, 3.8) is 0 Å². The number of rotatable bonds is 11. The van der Waals surface area contributed by atoms with E-state index in [4.69, 9.17) is 18.9 Å². The zero-order valence-corrected chi connectivity index (χ0v) is 17.1. The van der Waals surface area contributed by atoms with E-state index in [0.717, 1.165) is 34.4 Å². The lowest BCUT2D eigenvalue weighted by Crippen LogP contribution is -1.99. The second-order valence-electron chi connectivity index (χ2n) is 5.09. The van der Waals surface area contributed by atoms with Crippen molar-refractivity contribution < 1.29 is 18.9 Å². The second kappa shape index (κ2) is 11.0. The van der Waals surface area contributed by atoms with Gasteiger partial charge in [0.15, 0.2) is 23.0 Å². The Labute approximate surface area is 163 Å². The minimum Gasteiger partial charge on any atom is -0.493 e. The third-order valence-corrected chi connectivity index (χ3v) is 5.78. The molecule has 0 unspecified atom stereocenters. The highest BCUT2D eigenvalue weighted by Gasteiger charge is 2.12. The lowest BCUT2D eigenvalue weighted by atomic mass is 10.3. The van der Waals surface area contributed by atoms with Crippen molar-refractivity contribution in [1.82, 2.24) is 9.97 Å². The Hall–Kier alpha value is -1.80. The summed E-state index contributed by atoms with van der Waals surface area (Å²) in [6, 6.07) is 3.61. The first-order valence-corrected chi connectivity index (χ1v) is 10.3. The fourth-order valence-corrected chi connectivity index (χ4v) is 4.39. The van der Waals surface area contributed by atoms with Crippen LogP contribution in [0.25, 0.3) is 0 Å². The number of methoxy groups -OCH3 is 4. The Morgan fingerprint density at radius 1 is 0.692 bits per heavy atom. The number of ether oxygens (including phenoxy) is 4. The monoisotopic (exact) mass is 396 g/mol. The Morgan fingerprint density at radius 2 is 1.12 bits per heavy atom. The maximum absolute atomic E-state index is 5.41. The van der Waals surface area contributed by atoms with Crippen LogP contribution in [0.15, 0.2) is 24.5 Å². The number of hydrogen-bond acceptors (Lipinski definition) is 8. The number of hydrogen-bond donors (Lipinski definition) is 0. The molecule has 0 N–H and O–H groups in total. The predicted molar refractivity (Wildman–Crippen MR) is 107 cm³/mol. The summed E-state index contributed by atoms with van der Waals surface area (Å²) in [5.74, 6) is 6.40. The van der Waals surface area contributed by atoms with Crippen LogP contribution in [0.4, 0.5) is 0 Å². The van der Waals surface area contributed by atoms with Crippen molar-refractivity contribution in [3.8, 4) is 23.0 Å². The number of nitrogens with zero attached hydrogens (tertiary/aromatic N) is 2. The van der Waals surface area contributed by atoms with E-state index in [1.54, 1.807) is 53.0 Å². The highest BCUT2D eigenvalue weighted by molar-refractivity contribution is 8.02. The van der Waals surface area contributed by atoms with Gasteiger partial charge in [-0.2, -0.15) is 23.5 Å². The molecular formula is C18H24N2O4S2. The van der Waals surface area contributed by atoms with Crippen LogP contribution in [0.1, 0.15) is 11.4 Å². The smallest absolute Gasteiger partial charge is 0.183 e. The standard InChI is InChI=1S/C18H24N2O4S2/c1-21-15-5-7-19-13(17(15)23-3)11-25-9-10-26-12-14-18(24-4)16(22-2)6-8-20-14/h5-8H,9-12H2,1-4H3. The van der Waals surface area contributed by atoms with Gasteiger partial charge in [0.25, 0.3) is 0 Å². The largest absolute Gasteiger partial charge is 0.493 e. The average molecular weight is 397 g/mol. The van der Waals surface area contributed by atoms with Gasteiger partial charge in [-0.25, -0.2) is 0 Å². The van der Waals surface area contributed by atoms with Crippen molar-refractivity contribution in [2.24, 2.45) is 0 Å². The van der Waals surface area contributed by atoms with Crippen LogP contribution >= 0.6 is 23.5 Å². The molecule has 2 heterocycles. The summed E-state index contributed by atoms with van der Waals surface area (Å²) in [6.07, 6.45) is 3.49. The van der Waals surface area contributed by atoms with E-state index in [1.165, 1.54) is 0 Å². The summed E-state index contributed by atoms with van der Waals surface area (Å²) < 4.78 is 21.4. The maximum atomic E-state index is 5.41. The van der Waals surface area contributed by atoms with Crippen LogP contribution in [0.5, 0.6) is 23.0 Å². The van der Waals surface area contributed by atoms with Crippen molar-refractivity contribution in [1.29, 1.82) is 0 Å².